The number of carbonyl (C=O) groups is 2. The molecule has 1 aromatic heterocycles. The number of hydrogen-bond acceptors (Lipinski definition) is 3. The number of unbranched alkanes of at least 4 members (excludes halogenated alkanes) is 5. The SMILES string of the molecule is CCCCCCCC[n+]1ccc(CCc2ccccc2NNC(=O)C(F)(F)C(F)(F)C(=O)O)cc1. The zero-order valence-corrected chi connectivity index (χ0v) is 19.7. The van der Waals surface area contributed by atoms with E-state index in [9.17, 15) is 27.2 Å². The molecule has 0 aliphatic rings. The van der Waals surface area contributed by atoms with Crippen LogP contribution in [0, 0.1) is 0 Å². The number of anilines is 1. The predicted molar refractivity (Wildman–Crippen MR) is 123 cm³/mol. The van der Waals surface area contributed by atoms with Crippen molar-refractivity contribution >= 4 is 17.6 Å². The molecule has 35 heavy (non-hydrogen) atoms. The van der Waals surface area contributed by atoms with Crippen molar-refractivity contribution in [3.05, 3.63) is 59.9 Å². The van der Waals surface area contributed by atoms with E-state index < -0.39 is 23.7 Å². The Labute approximate surface area is 202 Å². The maximum absolute atomic E-state index is 13.6. The van der Waals surface area contributed by atoms with Crippen LogP contribution >= 0.6 is 0 Å². The fourth-order valence-corrected chi connectivity index (χ4v) is 3.50. The van der Waals surface area contributed by atoms with Crippen molar-refractivity contribution in [2.45, 2.75) is 76.7 Å². The van der Waals surface area contributed by atoms with Crippen molar-refractivity contribution in [3.8, 4) is 0 Å². The second-order valence-corrected chi connectivity index (χ2v) is 8.40. The largest absolute Gasteiger partial charge is 0.477 e. The number of aryl methyl sites for hydroxylation is 3. The number of carbonyl (C=O) groups excluding carboxylic acids is 1. The summed E-state index contributed by atoms with van der Waals surface area (Å²) < 4.78 is 55.8. The number of carboxylic acid groups (broad SMARTS) is 1. The number of hydrogen-bond donors (Lipinski definition) is 3. The smallest absolute Gasteiger partial charge is 0.413 e. The number of aliphatic carboxylic acids is 1. The number of carboxylic acids is 1. The average Bonchev–Trinajstić information content (AvgIpc) is 2.84. The van der Waals surface area contributed by atoms with Gasteiger partial charge in [0, 0.05) is 18.6 Å². The van der Waals surface area contributed by atoms with E-state index in [0.717, 1.165) is 18.5 Å². The third kappa shape index (κ3) is 7.93. The lowest BCUT2D eigenvalue weighted by Gasteiger charge is -2.22. The molecule has 0 atom stereocenters. The summed E-state index contributed by atoms with van der Waals surface area (Å²) in [6.45, 7) is 3.14. The molecule has 6 nitrogen and oxygen atoms in total. The summed E-state index contributed by atoms with van der Waals surface area (Å²) in [5.74, 6) is -16.5. The van der Waals surface area contributed by atoms with Gasteiger partial charge in [0.25, 0.3) is 0 Å². The van der Waals surface area contributed by atoms with Crippen LogP contribution in [0.3, 0.4) is 0 Å². The molecular weight excluding hydrogens is 466 g/mol. The minimum atomic E-state index is -5.54. The van der Waals surface area contributed by atoms with Gasteiger partial charge in [-0.15, -0.1) is 0 Å². The molecule has 0 saturated heterocycles. The van der Waals surface area contributed by atoms with Gasteiger partial charge >= 0.3 is 23.7 Å². The average molecular weight is 499 g/mol. The lowest BCUT2D eigenvalue weighted by molar-refractivity contribution is -0.697. The molecule has 0 unspecified atom stereocenters. The predicted octanol–water partition coefficient (Wildman–Crippen LogP) is 4.92. The quantitative estimate of drug-likeness (QED) is 0.141. The van der Waals surface area contributed by atoms with E-state index in [4.69, 9.17) is 5.11 Å². The number of nitrogens with one attached hydrogen (secondary N) is 2. The number of hydrazine groups is 1. The molecule has 0 bridgehead atoms. The molecular formula is C25H32F4N3O3+. The van der Waals surface area contributed by atoms with Gasteiger partial charge in [-0.05, 0) is 36.5 Å². The van der Waals surface area contributed by atoms with Gasteiger partial charge in [0.2, 0.25) is 0 Å². The summed E-state index contributed by atoms with van der Waals surface area (Å²) in [5.41, 5.74) is 5.65. The molecule has 2 aromatic rings. The third-order valence-electron chi connectivity index (χ3n) is 5.69. The summed E-state index contributed by atoms with van der Waals surface area (Å²) in [6.07, 6.45) is 12.5. The van der Waals surface area contributed by atoms with E-state index in [2.05, 4.69) is 16.9 Å². The van der Waals surface area contributed by atoms with Crippen LogP contribution in [0.25, 0.3) is 0 Å². The first kappa shape index (κ1) is 28.1. The molecule has 1 aromatic carbocycles. The monoisotopic (exact) mass is 498 g/mol. The summed E-state index contributed by atoms with van der Waals surface area (Å²) in [6, 6.07) is 10.5. The van der Waals surface area contributed by atoms with Gasteiger partial charge in [0.1, 0.15) is 6.54 Å². The van der Waals surface area contributed by atoms with Crippen LogP contribution in [0.15, 0.2) is 48.8 Å². The zero-order chi connectivity index (χ0) is 25.9. The molecule has 1 amide bonds. The second-order valence-electron chi connectivity index (χ2n) is 8.40. The minimum Gasteiger partial charge on any atom is -0.477 e. The first-order valence-electron chi connectivity index (χ1n) is 11.7. The van der Waals surface area contributed by atoms with Gasteiger partial charge in [-0.2, -0.15) is 17.6 Å². The van der Waals surface area contributed by atoms with E-state index in [1.165, 1.54) is 43.6 Å². The Morgan fingerprint density at radius 3 is 2.17 bits per heavy atom. The van der Waals surface area contributed by atoms with Crippen LogP contribution in [0.2, 0.25) is 0 Å². The topological polar surface area (TPSA) is 82.3 Å². The van der Waals surface area contributed by atoms with Gasteiger partial charge in [-0.25, -0.2) is 9.36 Å². The van der Waals surface area contributed by atoms with E-state index in [0.29, 0.717) is 18.4 Å². The van der Waals surface area contributed by atoms with Crippen LogP contribution in [0.4, 0.5) is 23.2 Å². The van der Waals surface area contributed by atoms with E-state index >= 15 is 0 Å². The molecule has 10 heteroatoms. The lowest BCUT2D eigenvalue weighted by Crippen LogP contribution is -2.57. The number of benzene rings is 1. The molecule has 0 radical (unpaired) electrons. The standard InChI is InChI=1S/C25H31F4N3O3/c1-2-3-4-5-6-9-16-32-17-14-19(15-18-32)12-13-20-10-7-8-11-21(20)30-31-22(33)24(26,27)25(28,29)23(34)35/h7-8,10-11,14-15,17-18,30H,2-6,9,12-13,16H2,1H3,(H-,31,33,34,35)/p+1. The highest BCUT2D eigenvalue weighted by Crippen LogP contribution is 2.34. The highest BCUT2D eigenvalue weighted by molar-refractivity contribution is 5.92. The Kier molecular flexibility index (Phi) is 10.5. The molecule has 2 rings (SSSR count). The van der Waals surface area contributed by atoms with Gasteiger partial charge < -0.3 is 5.11 Å². The van der Waals surface area contributed by atoms with Crippen LogP contribution < -0.4 is 15.4 Å². The maximum Gasteiger partial charge on any atom is 0.413 e. The molecule has 0 aliphatic carbocycles. The Hall–Kier alpha value is -3.17. The first-order valence-corrected chi connectivity index (χ1v) is 11.7. The highest BCUT2D eigenvalue weighted by Gasteiger charge is 2.67. The van der Waals surface area contributed by atoms with Crippen molar-refractivity contribution in [1.82, 2.24) is 5.43 Å². The van der Waals surface area contributed by atoms with Crippen LogP contribution in [-0.4, -0.2) is 28.8 Å². The van der Waals surface area contributed by atoms with Gasteiger partial charge in [0.05, 0.1) is 5.69 Å². The lowest BCUT2D eigenvalue weighted by atomic mass is 10.0. The van der Waals surface area contributed by atoms with E-state index in [-0.39, 0.29) is 5.69 Å². The van der Waals surface area contributed by atoms with Crippen LogP contribution in [0.5, 0.6) is 0 Å². The Morgan fingerprint density at radius 2 is 1.51 bits per heavy atom. The Morgan fingerprint density at radius 1 is 0.886 bits per heavy atom. The van der Waals surface area contributed by atoms with Crippen LogP contribution in [-0.2, 0) is 29.0 Å². The molecule has 0 spiro atoms. The van der Waals surface area contributed by atoms with E-state index in [1.807, 2.05) is 24.5 Å². The normalized spacial score (nSPS) is 11.8. The molecule has 0 fully saturated rings. The summed E-state index contributed by atoms with van der Waals surface area (Å²) >= 11 is 0. The fourth-order valence-electron chi connectivity index (χ4n) is 3.50. The molecule has 0 aliphatic heterocycles. The number of para-hydroxylation sites is 1. The molecule has 192 valence electrons. The van der Waals surface area contributed by atoms with Crippen molar-refractivity contribution in [2.75, 3.05) is 5.43 Å². The van der Waals surface area contributed by atoms with Gasteiger partial charge in [-0.1, -0.05) is 50.8 Å². The number of pyridine rings is 1. The number of nitrogens with zero attached hydrogens (tertiary/aromatic N) is 1. The maximum atomic E-state index is 13.6. The van der Waals surface area contributed by atoms with Crippen molar-refractivity contribution in [3.63, 3.8) is 0 Å². The molecule has 1 heterocycles. The Balaban J connectivity index is 1.89. The molecule has 3 N–H and O–H groups in total. The number of amides is 1. The summed E-state index contributed by atoms with van der Waals surface area (Å²) in [5, 5.41) is 8.30. The second kappa shape index (κ2) is 13.1. The van der Waals surface area contributed by atoms with Crippen molar-refractivity contribution in [2.24, 2.45) is 0 Å². The molecule has 0 saturated carbocycles. The third-order valence-corrected chi connectivity index (χ3v) is 5.69. The Bertz CT molecular complexity index is 969. The highest BCUT2D eigenvalue weighted by atomic mass is 19.3. The van der Waals surface area contributed by atoms with Gasteiger partial charge in [0.15, 0.2) is 12.4 Å². The number of alkyl halides is 4. The van der Waals surface area contributed by atoms with Crippen molar-refractivity contribution < 1.29 is 36.8 Å². The fraction of sp³-hybridized carbons (Fsp3) is 0.480. The minimum absolute atomic E-state index is 0.240. The first-order chi connectivity index (χ1) is 16.6. The summed E-state index contributed by atoms with van der Waals surface area (Å²) in [4.78, 5) is 22.0. The summed E-state index contributed by atoms with van der Waals surface area (Å²) in [7, 11) is 0. The van der Waals surface area contributed by atoms with Crippen LogP contribution in [0.1, 0.15) is 56.6 Å². The number of halogens is 4. The number of aromatic nitrogens is 1. The van der Waals surface area contributed by atoms with Gasteiger partial charge in [-0.3, -0.25) is 15.6 Å². The van der Waals surface area contributed by atoms with E-state index in [1.54, 1.807) is 18.2 Å². The van der Waals surface area contributed by atoms with Crippen molar-refractivity contribution in [1.29, 1.82) is 0 Å². The number of rotatable bonds is 15. The zero-order valence-electron chi connectivity index (χ0n) is 19.7.